The second-order valence-corrected chi connectivity index (χ2v) is 8.30. The van der Waals surface area contributed by atoms with Crippen LogP contribution in [-0.4, -0.2) is 68.4 Å². The molecule has 10 heteroatoms. The first-order valence-electron chi connectivity index (χ1n) is 8.14. The smallest absolute Gasteiger partial charge is 0.352 e. The lowest BCUT2D eigenvalue weighted by molar-refractivity contribution is -0.139. The van der Waals surface area contributed by atoms with Crippen molar-refractivity contribution in [1.82, 2.24) is 9.80 Å². The first kappa shape index (κ1) is 20.4. The number of carboxylic acids is 2. The zero-order valence-corrected chi connectivity index (χ0v) is 15.7. The molecule has 26 heavy (non-hydrogen) atoms. The van der Waals surface area contributed by atoms with Crippen LogP contribution in [0.2, 0.25) is 0 Å². The van der Waals surface area contributed by atoms with E-state index in [2.05, 4.69) is 0 Å². The van der Waals surface area contributed by atoms with Gasteiger partial charge >= 0.3 is 11.9 Å². The van der Waals surface area contributed by atoms with E-state index < -0.39 is 11.9 Å². The van der Waals surface area contributed by atoms with E-state index in [1.807, 2.05) is 0 Å². The molecule has 2 amide bonds. The molecular weight excluding hydrogens is 380 g/mol. The molecular formula is C16H20N2O6S2. The van der Waals surface area contributed by atoms with E-state index in [4.69, 9.17) is 10.2 Å². The Bertz CT molecular complexity index is 605. The van der Waals surface area contributed by atoms with Gasteiger partial charge in [-0.25, -0.2) is 9.59 Å². The number of rotatable bonds is 9. The second kappa shape index (κ2) is 9.67. The lowest BCUT2D eigenvalue weighted by Crippen LogP contribution is -2.31. The van der Waals surface area contributed by atoms with Crippen molar-refractivity contribution in [3.05, 3.63) is 23.5 Å². The maximum atomic E-state index is 12.1. The summed E-state index contributed by atoms with van der Waals surface area (Å²) in [7, 11) is 2.88. The average Bonchev–Trinajstić information content (AvgIpc) is 3.26. The zero-order chi connectivity index (χ0) is 19.1. The lowest BCUT2D eigenvalue weighted by Gasteiger charge is -2.18. The molecule has 8 nitrogen and oxygen atoms in total. The third-order valence-electron chi connectivity index (χ3n) is 3.88. The summed E-state index contributed by atoms with van der Waals surface area (Å²) in [4.78, 5) is 48.7. The second-order valence-electron chi connectivity index (χ2n) is 5.60. The van der Waals surface area contributed by atoms with E-state index in [9.17, 15) is 19.2 Å². The van der Waals surface area contributed by atoms with Crippen LogP contribution in [0.15, 0.2) is 23.5 Å². The number of amides is 2. The highest BCUT2D eigenvalue weighted by Gasteiger charge is 2.27. The number of hydrogen-bond donors (Lipinski definition) is 2. The van der Waals surface area contributed by atoms with Gasteiger partial charge in [0.2, 0.25) is 11.8 Å². The van der Waals surface area contributed by atoms with Crippen molar-refractivity contribution in [1.29, 1.82) is 0 Å². The van der Waals surface area contributed by atoms with E-state index in [-0.39, 0.29) is 36.1 Å². The maximum Gasteiger partial charge on any atom is 0.352 e. The van der Waals surface area contributed by atoms with Gasteiger partial charge in [-0.2, -0.15) is 0 Å². The summed E-state index contributed by atoms with van der Waals surface area (Å²) in [5.74, 6) is -1.57. The molecule has 0 aliphatic carbocycles. The summed E-state index contributed by atoms with van der Waals surface area (Å²) in [6.07, 6.45) is 4.67. The molecule has 0 unspecified atom stereocenters. The van der Waals surface area contributed by atoms with Crippen LogP contribution >= 0.6 is 21.6 Å². The number of aliphatic carboxylic acids is 2. The minimum Gasteiger partial charge on any atom is -0.477 e. The highest BCUT2D eigenvalue weighted by Crippen LogP contribution is 2.25. The number of carbonyl (C=O) groups is 4. The predicted molar refractivity (Wildman–Crippen MR) is 98.2 cm³/mol. The third-order valence-corrected chi connectivity index (χ3v) is 6.29. The van der Waals surface area contributed by atoms with Gasteiger partial charge in [-0.15, -0.1) is 0 Å². The number of carboxylic acid groups (broad SMARTS) is 2. The van der Waals surface area contributed by atoms with Crippen LogP contribution < -0.4 is 0 Å². The number of nitrogens with zero attached hydrogens (tertiary/aromatic N) is 2. The molecule has 0 aromatic heterocycles. The Kier molecular flexibility index (Phi) is 7.58. The minimum absolute atomic E-state index is 0.0474. The van der Waals surface area contributed by atoms with Gasteiger partial charge < -0.3 is 20.0 Å². The van der Waals surface area contributed by atoms with Gasteiger partial charge in [-0.3, -0.25) is 9.59 Å². The van der Waals surface area contributed by atoms with Gasteiger partial charge in [0.05, 0.1) is 0 Å². The van der Waals surface area contributed by atoms with Crippen LogP contribution in [-0.2, 0) is 19.2 Å². The van der Waals surface area contributed by atoms with Crippen molar-refractivity contribution in [3.63, 3.8) is 0 Å². The van der Waals surface area contributed by atoms with Crippen molar-refractivity contribution in [2.45, 2.75) is 25.7 Å². The van der Waals surface area contributed by atoms with Crippen LogP contribution in [0, 0.1) is 0 Å². The first-order chi connectivity index (χ1) is 12.4. The fourth-order valence-corrected chi connectivity index (χ4v) is 4.65. The largest absolute Gasteiger partial charge is 0.477 e. The Balaban J connectivity index is 1.61. The van der Waals surface area contributed by atoms with Crippen molar-refractivity contribution in [2.24, 2.45) is 0 Å². The molecule has 0 atom stereocenters. The van der Waals surface area contributed by atoms with Crippen molar-refractivity contribution in [2.75, 3.05) is 24.6 Å². The van der Waals surface area contributed by atoms with Gasteiger partial charge in [-0.05, 0) is 12.8 Å². The fraction of sp³-hybridized carbons (Fsp3) is 0.500. The Labute approximate surface area is 158 Å². The Morgan fingerprint density at radius 1 is 0.808 bits per heavy atom. The molecule has 0 radical (unpaired) electrons. The quantitative estimate of drug-likeness (QED) is 0.442. The molecule has 0 spiro atoms. The molecule has 2 aliphatic heterocycles. The number of hydrogen-bond acceptors (Lipinski definition) is 6. The maximum absolute atomic E-state index is 12.1. The fourth-order valence-electron chi connectivity index (χ4n) is 2.69. The molecule has 2 N–H and O–H groups in total. The summed E-state index contributed by atoms with van der Waals surface area (Å²) in [6.45, 7) is 0.810. The Hall–Kier alpha value is -1.94. The van der Waals surface area contributed by atoms with E-state index in [0.717, 1.165) is 0 Å². The van der Waals surface area contributed by atoms with Gasteiger partial charge in [-0.1, -0.05) is 33.7 Å². The summed E-state index contributed by atoms with van der Waals surface area (Å²) < 4.78 is 0. The standard InChI is InChI=1S/C16H20N2O6S2/c19-13(17-7-1-3-11(17)15(21)22)5-9-25-26-10-6-14(20)18-8-2-4-12(18)16(23)24/h3-4H,1-2,5-10H2,(H,21,22)(H,23,24). The summed E-state index contributed by atoms with van der Waals surface area (Å²) in [6, 6.07) is 0. The molecule has 0 saturated heterocycles. The first-order valence-corrected chi connectivity index (χ1v) is 10.6. The van der Waals surface area contributed by atoms with Crippen LogP contribution in [0.4, 0.5) is 0 Å². The van der Waals surface area contributed by atoms with Gasteiger partial charge in [0.1, 0.15) is 11.4 Å². The predicted octanol–water partition coefficient (Wildman–Crippen LogP) is 1.55. The number of carbonyl (C=O) groups excluding carboxylic acids is 2. The van der Waals surface area contributed by atoms with E-state index in [1.165, 1.54) is 31.4 Å². The minimum atomic E-state index is -1.09. The SMILES string of the molecule is O=C(O)C1=CCCN1C(=O)CCSSCCC(=O)N1CCC=C1C(=O)O. The molecule has 2 aliphatic rings. The lowest BCUT2D eigenvalue weighted by atomic mass is 10.3. The van der Waals surface area contributed by atoms with Crippen LogP contribution in [0.1, 0.15) is 25.7 Å². The molecule has 0 fully saturated rings. The Morgan fingerprint density at radius 3 is 1.54 bits per heavy atom. The third kappa shape index (κ3) is 5.28. The summed E-state index contributed by atoms with van der Waals surface area (Å²) in [5, 5.41) is 18.0. The van der Waals surface area contributed by atoms with E-state index in [1.54, 1.807) is 12.2 Å². The molecule has 142 valence electrons. The Morgan fingerprint density at radius 2 is 1.19 bits per heavy atom. The van der Waals surface area contributed by atoms with Crippen molar-refractivity contribution < 1.29 is 29.4 Å². The normalized spacial score (nSPS) is 16.5. The zero-order valence-electron chi connectivity index (χ0n) is 14.0. The molecule has 0 aromatic rings. The summed E-state index contributed by atoms with van der Waals surface area (Å²) in [5.41, 5.74) is 0.0947. The average molecular weight is 400 g/mol. The monoisotopic (exact) mass is 400 g/mol. The van der Waals surface area contributed by atoms with Crippen molar-refractivity contribution >= 4 is 45.3 Å². The molecule has 0 aromatic carbocycles. The highest BCUT2D eigenvalue weighted by atomic mass is 33.1. The van der Waals surface area contributed by atoms with Gasteiger partial charge in [0.15, 0.2) is 0 Å². The van der Waals surface area contributed by atoms with Gasteiger partial charge in [0.25, 0.3) is 0 Å². The van der Waals surface area contributed by atoms with Gasteiger partial charge in [0, 0.05) is 37.4 Å². The van der Waals surface area contributed by atoms with Crippen LogP contribution in [0.25, 0.3) is 0 Å². The molecule has 0 bridgehead atoms. The van der Waals surface area contributed by atoms with Crippen LogP contribution in [0.3, 0.4) is 0 Å². The van der Waals surface area contributed by atoms with E-state index in [0.29, 0.717) is 37.4 Å². The molecule has 2 heterocycles. The topological polar surface area (TPSA) is 115 Å². The summed E-state index contributed by atoms with van der Waals surface area (Å²) >= 11 is 0. The highest BCUT2D eigenvalue weighted by molar-refractivity contribution is 8.76. The molecule has 0 saturated carbocycles. The molecule has 2 rings (SSSR count). The van der Waals surface area contributed by atoms with Crippen molar-refractivity contribution in [3.8, 4) is 0 Å². The van der Waals surface area contributed by atoms with E-state index >= 15 is 0 Å². The van der Waals surface area contributed by atoms with Crippen LogP contribution in [0.5, 0.6) is 0 Å².